The molecule has 1 fully saturated rings. The smallest absolute Gasteiger partial charge is 0.222 e. The third-order valence-electron chi connectivity index (χ3n) is 4.58. The average Bonchev–Trinajstić information content (AvgIpc) is 2.94. The van der Waals surface area contributed by atoms with E-state index in [2.05, 4.69) is 33.9 Å². The van der Waals surface area contributed by atoms with E-state index in [4.69, 9.17) is 5.73 Å². The van der Waals surface area contributed by atoms with Crippen LogP contribution in [0, 0.1) is 5.92 Å². The number of nitrogens with two attached hydrogens (primary N) is 1. The first-order valence-electron chi connectivity index (χ1n) is 8.11. The fourth-order valence-electron chi connectivity index (χ4n) is 3.10. The summed E-state index contributed by atoms with van der Waals surface area (Å²) in [6.45, 7) is 3.75. The van der Waals surface area contributed by atoms with Gasteiger partial charge in [0.15, 0.2) is 0 Å². The number of piperidine rings is 1. The van der Waals surface area contributed by atoms with E-state index in [1.54, 1.807) is 11.3 Å². The molecule has 1 saturated heterocycles. The van der Waals surface area contributed by atoms with Crippen LogP contribution in [0.2, 0.25) is 0 Å². The summed E-state index contributed by atoms with van der Waals surface area (Å²) in [6, 6.07) is 6.35. The number of benzene rings is 1. The van der Waals surface area contributed by atoms with Crippen molar-refractivity contribution in [2.24, 2.45) is 11.7 Å². The molecular formula is C17H24BrCl2N3OS. The van der Waals surface area contributed by atoms with Gasteiger partial charge >= 0.3 is 0 Å². The van der Waals surface area contributed by atoms with Crippen molar-refractivity contribution in [3.8, 4) is 0 Å². The number of aromatic nitrogens is 1. The van der Waals surface area contributed by atoms with Crippen molar-refractivity contribution in [2.75, 3.05) is 13.1 Å². The normalized spacial score (nSPS) is 16.2. The predicted octanol–water partition coefficient (Wildman–Crippen LogP) is 4.42. The van der Waals surface area contributed by atoms with Gasteiger partial charge in [-0.15, -0.1) is 36.2 Å². The molecule has 1 unspecified atom stereocenters. The minimum absolute atomic E-state index is 0. The van der Waals surface area contributed by atoms with Crippen molar-refractivity contribution in [2.45, 2.75) is 38.6 Å². The molecule has 2 aromatic rings. The van der Waals surface area contributed by atoms with Crippen LogP contribution >= 0.6 is 52.1 Å². The summed E-state index contributed by atoms with van der Waals surface area (Å²) in [5.41, 5.74) is 6.96. The lowest BCUT2D eigenvalue weighted by Crippen LogP contribution is -2.42. The average molecular weight is 469 g/mol. The Hall–Kier alpha value is -0.400. The molecule has 0 bridgehead atoms. The standard InChI is InChI=1S/C17H22BrN3OS.2ClH/c1-11(19)12-6-8-21(9-7-12)17(22)5-4-16-20-14-10-13(18)2-3-15(14)23-16;;/h2-3,10-12H,4-9,19H2,1H3;2*1H. The topological polar surface area (TPSA) is 59.2 Å². The Morgan fingerprint density at radius 3 is 2.72 bits per heavy atom. The quantitative estimate of drug-likeness (QED) is 0.722. The Labute approximate surface area is 173 Å². The summed E-state index contributed by atoms with van der Waals surface area (Å²) in [7, 11) is 0. The van der Waals surface area contributed by atoms with Crippen LogP contribution in [0.15, 0.2) is 22.7 Å². The van der Waals surface area contributed by atoms with E-state index >= 15 is 0 Å². The summed E-state index contributed by atoms with van der Waals surface area (Å²) in [6.07, 6.45) is 3.32. The number of carbonyl (C=O) groups is 1. The van der Waals surface area contributed by atoms with Gasteiger partial charge in [-0.3, -0.25) is 4.79 Å². The Kier molecular flexibility index (Phi) is 9.12. The van der Waals surface area contributed by atoms with Crippen LogP contribution in [0.5, 0.6) is 0 Å². The monoisotopic (exact) mass is 467 g/mol. The van der Waals surface area contributed by atoms with E-state index in [0.29, 0.717) is 12.3 Å². The molecule has 2 heterocycles. The number of fused-ring (bicyclic) bond motifs is 1. The Bertz CT molecular complexity index is 702. The van der Waals surface area contributed by atoms with Crippen LogP contribution in [0.25, 0.3) is 10.2 Å². The molecule has 1 aromatic carbocycles. The molecule has 2 N–H and O–H groups in total. The number of nitrogens with zero attached hydrogens (tertiary/aromatic N) is 2. The van der Waals surface area contributed by atoms with Gasteiger partial charge in [-0.2, -0.15) is 0 Å². The molecule has 1 aliphatic heterocycles. The van der Waals surface area contributed by atoms with Crippen molar-refractivity contribution in [3.63, 3.8) is 0 Å². The van der Waals surface area contributed by atoms with E-state index in [0.717, 1.165) is 47.3 Å². The first-order chi connectivity index (χ1) is 11.0. The van der Waals surface area contributed by atoms with Gasteiger partial charge in [-0.1, -0.05) is 15.9 Å². The lowest BCUT2D eigenvalue weighted by atomic mass is 9.91. The molecule has 1 atom stereocenters. The van der Waals surface area contributed by atoms with Crippen LogP contribution in [0.3, 0.4) is 0 Å². The Morgan fingerprint density at radius 2 is 2.08 bits per heavy atom. The van der Waals surface area contributed by atoms with Crippen LogP contribution in [0.1, 0.15) is 31.2 Å². The highest BCUT2D eigenvalue weighted by Crippen LogP contribution is 2.26. The highest BCUT2D eigenvalue weighted by molar-refractivity contribution is 9.10. The van der Waals surface area contributed by atoms with Crippen LogP contribution < -0.4 is 5.73 Å². The second kappa shape index (κ2) is 10.1. The molecule has 0 radical (unpaired) electrons. The van der Waals surface area contributed by atoms with Gasteiger partial charge in [0.05, 0.1) is 15.2 Å². The Balaban J connectivity index is 0.00000156. The van der Waals surface area contributed by atoms with E-state index in [1.807, 2.05) is 17.0 Å². The third-order valence-corrected chi connectivity index (χ3v) is 6.17. The van der Waals surface area contributed by atoms with Crippen molar-refractivity contribution in [3.05, 3.63) is 27.7 Å². The summed E-state index contributed by atoms with van der Waals surface area (Å²) < 4.78 is 2.21. The first kappa shape index (κ1) is 22.6. The van der Waals surface area contributed by atoms with Gasteiger partial charge in [0.1, 0.15) is 0 Å². The zero-order valence-corrected chi connectivity index (χ0v) is 18.1. The number of carbonyl (C=O) groups excluding carboxylic acids is 1. The second-order valence-electron chi connectivity index (χ2n) is 6.30. The van der Waals surface area contributed by atoms with Gasteiger partial charge in [-0.25, -0.2) is 4.98 Å². The van der Waals surface area contributed by atoms with Crippen molar-refractivity contribution >= 4 is 68.2 Å². The van der Waals surface area contributed by atoms with Gasteiger partial charge < -0.3 is 10.6 Å². The molecule has 4 nitrogen and oxygen atoms in total. The zero-order valence-electron chi connectivity index (χ0n) is 14.1. The fourth-order valence-corrected chi connectivity index (χ4v) is 4.40. The summed E-state index contributed by atoms with van der Waals surface area (Å²) in [4.78, 5) is 19.0. The molecule has 3 rings (SSSR count). The number of amides is 1. The third kappa shape index (κ3) is 5.79. The minimum atomic E-state index is 0. The number of thiazole rings is 1. The van der Waals surface area contributed by atoms with Crippen molar-refractivity contribution in [1.29, 1.82) is 0 Å². The molecule has 1 aromatic heterocycles. The zero-order chi connectivity index (χ0) is 16.4. The number of aryl methyl sites for hydroxylation is 1. The molecule has 0 spiro atoms. The molecule has 8 heteroatoms. The highest BCUT2D eigenvalue weighted by atomic mass is 79.9. The van der Waals surface area contributed by atoms with Crippen LogP contribution in [-0.2, 0) is 11.2 Å². The summed E-state index contributed by atoms with van der Waals surface area (Å²) >= 11 is 5.15. The Morgan fingerprint density at radius 1 is 1.40 bits per heavy atom. The van der Waals surface area contributed by atoms with E-state index in [9.17, 15) is 4.79 Å². The molecule has 0 aliphatic carbocycles. The van der Waals surface area contributed by atoms with Crippen molar-refractivity contribution < 1.29 is 4.79 Å². The highest BCUT2D eigenvalue weighted by Gasteiger charge is 2.24. The maximum Gasteiger partial charge on any atom is 0.222 e. The lowest BCUT2D eigenvalue weighted by molar-refractivity contribution is -0.132. The fraction of sp³-hybridized carbons (Fsp3) is 0.529. The van der Waals surface area contributed by atoms with Gasteiger partial charge in [0.25, 0.3) is 0 Å². The number of likely N-dealkylation sites (tertiary alicyclic amines) is 1. The largest absolute Gasteiger partial charge is 0.343 e. The van der Waals surface area contributed by atoms with E-state index in [-0.39, 0.29) is 36.8 Å². The van der Waals surface area contributed by atoms with E-state index < -0.39 is 0 Å². The molecule has 0 saturated carbocycles. The molecular weight excluding hydrogens is 445 g/mol. The number of hydrogen-bond donors (Lipinski definition) is 1. The van der Waals surface area contributed by atoms with Gasteiger partial charge in [0.2, 0.25) is 5.91 Å². The molecule has 1 amide bonds. The van der Waals surface area contributed by atoms with Gasteiger partial charge in [-0.05, 0) is 43.9 Å². The van der Waals surface area contributed by atoms with Gasteiger partial charge in [0, 0.05) is 36.4 Å². The maximum absolute atomic E-state index is 12.4. The van der Waals surface area contributed by atoms with Crippen LogP contribution in [0.4, 0.5) is 0 Å². The maximum atomic E-state index is 12.4. The molecule has 1 aliphatic rings. The second-order valence-corrected chi connectivity index (χ2v) is 8.33. The lowest BCUT2D eigenvalue weighted by Gasteiger charge is -2.33. The number of halogens is 3. The van der Waals surface area contributed by atoms with Crippen LogP contribution in [-0.4, -0.2) is 34.9 Å². The SMILES string of the molecule is CC(N)C1CCN(C(=O)CCc2nc3cc(Br)ccc3s2)CC1.Cl.Cl. The predicted molar refractivity (Wildman–Crippen MR) is 113 cm³/mol. The number of hydrogen-bond acceptors (Lipinski definition) is 4. The number of rotatable bonds is 4. The summed E-state index contributed by atoms with van der Waals surface area (Å²) in [5.74, 6) is 0.801. The first-order valence-corrected chi connectivity index (χ1v) is 9.72. The minimum Gasteiger partial charge on any atom is -0.343 e. The van der Waals surface area contributed by atoms with Crippen molar-refractivity contribution in [1.82, 2.24) is 9.88 Å². The summed E-state index contributed by atoms with van der Waals surface area (Å²) in [5, 5.41) is 1.04. The molecule has 140 valence electrons. The molecule has 25 heavy (non-hydrogen) atoms. The van der Waals surface area contributed by atoms with E-state index in [1.165, 1.54) is 4.70 Å².